The van der Waals surface area contributed by atoms with E-state index in [1.54, 1.807) is 16.8 Å². The van der Waals surface area contributed by atoms with Crippen molar-refractivity contribution in [1.29, 1.82) is 0 Å². The molecule has 0 aliphatic carbocycles. The predicted molar refractivity (Wildman–Crippen MR) is 94.9 cm³/mol. The highest BCUT2D eigenvalue weighted by Gasteiger charge is 2.16. The molecule has 6 heteroatoms. The Labute approximate surface area is 146 Å². The number of carbonyl (C=O) groups is 1. The van der Waals surface area contributed by atoms with Crippen LogP contribution in [-0.4, -0.2) is 15.7 Å². The molecule has 0 aliphatic rings. The van der Waals surface area contributed by atoms with E-state index < -0.39 is 0 Å². The maximum atomic E-state index is 12.4. The molecule has 3 aromatic rings. The topological polar surface area (TPSA) is 69.3 Å². The fourth-order valence-electron chi connectivity index (χ4n) is 2.57. The first-order valence-corrected chi connectivity index (χ1v) is 8.04. The molecule has 1 N–H and O–H groups in total. The Bertz CT molecular complexity index is 909. The smallest absolute Gasteiger partial charge is 0.291 e. The number of para-hydroxylation sites is 1. The van der Waals surface area contributed by atoms with Gasteiger partial charge in [0.25, 0.3) is 5.91 Å². The number of aromatic nitrogens is 2. The molecular formula is C19H21N3O3. The van der Waals surface area contributed by atoms with E-state index in [1.807, 2.05) is 52.1 Å². The summed E-state index contributed by atoms with van der Waals surface area (Å²) in [5, 5.41) is 7.14. The molecule has 6 nitrogen and oxygen atoms in total. The molecule has 1 amide bonds. The quantitative estimate of drug-likeness (QED) is 0.768. The van der Waals surface area contributed by atoms with Crippen molar-refractivity contribution in [2.45, 2.75) is 27.4 Å². The minimum Gasteiger partial charge on any atom is -0.485 e. The van der Waals surface area contributed by atoms with E-state index in [2.05, 4.69) is 10.4 Å². The lowest BCUT2D eigenvalue weighted by Crippen LogP contribution is -2.12. The number of rotatable bonds is 5. The van der Waals surface area contributed by atoms with E-state index in [1.165, 1.54) is 0 Å². The molecule has 0 saturated heterocycles. The van der Waals surface area contributed by atoms with Gasteiger partial charge in [0, 0.05) is 7.05 Å². The lowest BCUT2D eigenvalue weighted by Gasteiger charge is -2.07. The number of furan rings is 1. The van der Waals surface area contributed by atoms with Crippen LogP contribution in [0, 0.1) is 20.8 Å². The minimum absolute atomic E-state index is 0.242. The van der Waals surface area contributed by atoms with Crippen molar-refractivity contribution in [3.8, 4) is 5.75 Å². The summed E-state index contributed by atoms with van der Waals surface area (Å²) in [6.07, 6.45) is 0. The van der Waals surface area contributed by atoms with Crippen LogP contribution in [0.1, 0.15) is 33.3 Å². The van der Waals surface area contributed by atoms with Crippen LogP contribution in [0.3, 0.4) is 0 Å². The Morgan fingerprint density at radius 2 is 1.96 bits per heavy atom. The number of benzene rings is 1. The maximum absolute atomic E-state index is 12.4. The summed E-state index contributed by atoms with van der Waals surface area (Å²) in [6.45, 7) is 6.00. The first-order valence-electron chi connectivity index (χ1n) is 8.04. The zero-order valence-electron chi connectivity index (χ0n) is 14.8. The van der Waals surface area contributed by atoms with Gasteiger partial charge in [-0.1, -0.05) is 18.2 Å². The first-order chi connectivity index (χ1) is 12.0. The van der Waals surface area contributed by atoms with Crippen molar-refractivity contribution in [3.05, 3.63) is 64.9 Å². The number of amides is 1. The zero-order chi connectivity index (χ0) is 18.0. The molecule has 0 saturated carbocycles. The van der Waals surface area contributed by atoms with Gasteiger partial charge >= 0.3 is 0 Å². The molecule has 2 heterocycles. The summed E-state index contributed by atoms with van der Waals surface area (Å²) < 4.78 is 13.1. The van der Waals surface area contributed by atoms with Gasteiger partial charge in [-0.2, -0.15) is 5.10 Å². The van der Waals surface area contributed by atoms with E-state index in [-0.39, 0.29) is 18.3 Å². The highest BCUT2D eigenvalue weighted by molar-refractivity contribution is 6.02. The van der Waals surface area contributed by atoms with Crippen LogP contribution < -0.4 is 10.1 Å². The van der Waals surface area contributed by atoms with Gasteiger partial charge in [0.2, 0.25) is 0 Å². The number of nitrogens with one attached hydrogen (secondary N) is 1. The Morgan fingerprint density at radius 3 is 2.64 bits per heavy atom. The largest absolute Gasteiger partial charge is 0.485 e. The Kier molecular flexibility index (Phi) is 4.61. The summed E-state index contributed by atoms with van der Waals surface area (Å²) >= 11 is 0. The number of hydrogen-bond donors (Lipinski definition) is 1. The highest BCUT2D eigenvalue weighted by atomic mass is 16.5. The van der Waals surface area contributed by atoms with Crippen molar-refractivity contribution in [2.75, 3.05) is 5.32 Å². The average molecular weight is 339 g/mol. The molecule has 130 valence electrons. The molecule has 0 radical (unpaired) electrons. The number of ether oxygens (including phenoxy) is 1. The summed E-state index contributed by atoms with van der Waals surface area (Å²) in [5.41, 5.74) is 3.42. The lowest BCUT2D eigenvalue weighted by atomic mass is 10.2. The molecular weight excluding hydrogens is 318 g/mol. The lowest BCUT2D eigenvalue weighted by molar-refractivity contribution is 0.0992. The Balaban J connectivity index is 1.66. The molecule has 25 heavy (non-hydrogen) atoms. The van der Waals surface area contributed by atoms with Crippen LogP contribution in [0.25, 0.3) is 0 Å². The van der Waals surface area contributed by atoms with Crippen LogP contribution in [0.15, 0.2) is 40.8 Å². The standard InChI is InChI=1S/C19H21N3O3/c1-12-7-5-6-8-16(12)24-11-15-9-10-17(25-15)19(23)20-18-13(2)21-22(4)14(18)3/h5-10H,11H2,1-4H3,(H,20,23). The second kappa shape index (κ2) is 6.84. The Morgan fingerprint density at radius 1 is 1.20 bits per heavy atom. The maximum Gasteiger partial charge on any atom is 0.291 e. The van der Waals surface area contributed by atoms with Crippen molar-refractivity contribution in [1.82, 2.24) is 9.78 Å². The molecule has 1 aromatic carbocycles. The van der Waals surface area contributed by atoms with Crippen molar-refractivity contribution < 1.29 is 13.9 Å². The molecule has 0 unspecified atom stereocenters. The Hall–Kier alpha value is -3.02. The van der Waals surface area contributed by atoms with Gasteiger partial charge in [-0.15, -0.1) is 0 Å². The van der Waals surface area contributed by atoms with Crippen LogP contribution in [0.4, 0.5) is 5.69 Å². The fraction of sp³-hybridized carbons (Fsp3) is 0.263. The summed E-state index contributed by atoms with van der Waals surface area (Å²) in [7, 11) is 1.84. The third-order valence-corrected chi connectivity index (χ3v) is 4.10. The van der Waals surface area contributed by atoms with Gasteiger partial charge in [-0.25, -0.2) is 0 Å². The normalized spacial score (nSPS) is 10.7. The van der Waals surface area contributed by atoms with Gasteiger partial charge < -0.3 is 14.5 Å². The number of anilines is 1. The number of hydrogen-bond acceptors (Lipinski definition) is 4. The van der Waals surface area contributed by atoms with E-state index in [9.17, 15) is 4.79 Å². The minimum atomic E-state index is -0.304. The molecule has 2 aromatic heterocycles. The molecule has 0 aliphatic heterocycles. The third kappa shape index (κ3) is 3.57. The monoisotopic (exact) mass is 339 g/mol. The highest BCUT2D eigenvalue weighted by Crippen LogP contribution is 2.21. The molecule has 0 atom stereocenters. The molecule has 0 spiro atoms. The predicted octanol–water partition coefficient (Wildman–Crippen LogP) is 3.77. The molecule has 0 bridgehead atoms. The van der Waals surface area contributed by atoms with Crippen LogP contribution >= 0.6 is 0 Å². The van der Waals surface area contributed by atoms with E-state index >= 15 is 0 Å². The second-order valence-electron chi connectivity index (χ2n) is 5.94. The first kappa shape index (κ1) is 16.8. The number of carbonyl (C=O) groups excluding carboxylic acids is 1. The van der Waals surface area contributed by atoms with Gasteiger partial charge in [0.15, 0.2) is 5.76 Å². The second-order valence-corrected chi connectivity index (χ2v) is 5.94. The summed E-state index contributed by atoms with van der Waals surface area (Å²) in [4.78, 5) is 12.4. The average Bonchev–Trinajstić information content (AvgIpc) is 3.15. The van der Waals surface area contributed by atoms with E-state index in [0.717, 1.165) is 22.7 Å². The van der Waals surface area contributed by atoms with Crippen LogP contribution in [0.5, 0.6) is 5.75 Å². The van der Waals surface area contributed by atoms with Gasteiger partial charge in [0.05, 0.1) is 17.1 Å². The van der Waals surface area contributed by atoms with Crippen molar-refractivity contribution in [2.24, 2.45) is 7.05 Å². The van der Waals surface area contributed by atoms with E-state index in [0.29, 0.717) is 11.4 Å². The fourth-order valence-corrected chi connectivity index (χ4v) is 2.57. The number of nitrogens with zero attached hydrogens (tertiary/aromatic N) is 2. The van der Waals surface area contributed by atoms with Gasteiger partial charge in [0.1, 0.15) is 18.1 Å². The third-order valence-electron chi connectivity index (χ3n) is 4.10. The van der Waals surface area contributed by atoms with Crippen LogP contribution in [-0.2, 0) is 13.7 Å². The molecule has 0 fully saturated rings. The van der Waals surface area contributed by atoms with Crippen molar-refractivity contribution >= 4 is 11.6 Å². The van der Waals surface area contributed by atoms with Gasteiger partial charge in [-0.05, 0) is 44.5 Å². The number of aryl methyl sites for hydroxylation is 3. The zero-order valence-corrected chi connectivity index (χ0v) is 14.8. The SMILES string of the molecule is Cc1ccccc1OCc1ccc(C(=O)Nc2c(C)nn(C)c2C)o1. The summed E-state index contributed by atoms with van der Waals surface area (Å²) in [6, 6.07) is 11.2. The molecule has 3 rings (SSSR count). The summed E-state index contributed by atoms with van der Waals surface area (Å²) in [5.74, 6) is 1.33. The van der Waals surface area contributed by atoms with Gasteiger partial charge in [-0.3, -0.25) is 9.48 Å². The van der Waals surface area contributed by atoms with Crippen LogP contribution in [0.2, 0.25) is 0 Å². The van der Waals surface area contributed by atoms with E-state index in [4.69, 9.17) is 9.15 Å². The van der Waals surface area contributed by atoms with Crippen molar-refractivity contribution in [3.63, 3.8) is 0 Å².